The number of aromatic nitrogens is 3. The number of ether oxygens (including phenoxy) is 1. The number of anilines is 1. The molecule has 2 amide bonds. The molecule has 0 fully saturated rings. The van der Waals surface area contributed by atoms with Crippen molar-refractivity contribution in [1.82, 2.24) is 20.1 Å². The number of carbonyl (C=O) groups is 2. The summed E-state index contributed by atoms with van der Waals surface area (Å²) in [5, 5.41) is 12.7. The first-order valence-electron chi connectivity index (χ1n) is 11.0. The van der Waals surface area contributed by atoms with Crippen LogP contribution in [-0.2, 0) is 29.3 Å². The van der Waals surface area contributed by atoms with Gasteiger partial charge in [-0.15, -0.1) is 11.3 Å². The van der Waals surface area contributed by atoms with Gasteiger partial charge in [0.2, 0.25) is 11.8 Å². The van der Waals surface area contributed by atoms with Crippen LogP contribution in [-0.4, -0.2) is 26.6 Å². The van der Waals surface area contributed by atoms with Crippen molar-refractivity contribution in [2.45, 2.75) is 26.6 Å². The van der Waals surface area contributed by atoms with Crippen molar-refractivity contribution in [1.29, 1.82) is 0 Å². The number of aryl methyl sites for hydroxylation is 1. The van der Waals surface area contributed by atoms with Crippen LogP contribution < -0.4 is 15.4 Å². The fraction of sp³-hybridized carbons (Fsp3) is 0.154. The number of hydrogen-bond donors (Lipinski definition) is 2. The zero-order valence-electron chi connectivity index (χ0n) is 19.2. The first kappa shape index (κ1) is 23.9. The van der Waals surface area contributed by atoms with Crippen LogP contribution in [0, 0.1) is 6.92 Å². The summed E-state index contributed by atoms with van der Waals surface area (Å²) in [5.74, 6) is 0.360. The minimum Gasteiger partial charge on any atom is -0.487 e. The molecule has 0 unspecified atom stereocenters. The third-order valence-electron chi connectivity index (χ3n) is 4.90. The van der Waals surface area contributed by atoms with Crippen molar-refractivity contribution in [3.8, 4) is 5.75 Å². The van der Waals surface area contributed by atoms with Crippen LogP contribution in [0.1, 0.15) is 21.8 Å². The lowest BCUT2D eigenvalue weighted by molar-refractivity contribution is -0.117. The second-order valence-corrected chi connectivity index (χ2v) is 8.78. The molecule has 0 atom stereocenters. The highest BCUT2D eigenvalue weighted by molar-refractivity contribution is 7.09. The monoisotopic (exact) mass is 487 g/mol. The van der Waals surface area contributed by atoms with Gasteiger partial charge in [0.05, 0.1) is 10.7 Å². The van der Waals surface area contributed by atoms with E-state index in [9.17, 15) is 9.59 Å². The minimum atomic E-state index is -0.211. The second-order valence-electron chi connectivity index (χ2n) is 7.72. The lowest BCUT2D eigenvalue weighted by Crippen LogP contribution is -2.21. The molecule has 0 aliphatic rings. The molecule has 0 spiro atoms. The van der Waals surface area contributed by atoms with Crippen LogP contribution in [0.25, 0.3) is 6.08 Å². The number of carbonyl (C=O) groups excluding carboxylic acids is 2. The van der Waals surface area contributed by atoms with Crippen molar-refractivity contribution in [2.75, 3.05) is 5.32 Å². The number of amides is 2. The quantitative estimate of drug-likeness (QED) is 0.327. The van der Waals surface area contributed by atoms with Crippen LogP contribution in [0.3, 0.4) is 0 Å². The van der Waals surface area contributed by atoms with Crippen molar-refractivity contribution in [2.24, 2.45) is 0 Å². The van der Waals surface area contributed by atoms with Gasteiger partial charge in [0, 0.05) is 36.1 Å². The Morgan fingerprint density at radius 1 is 1.14 bits per heavy atom. The molecule has 0 saturated heterocycles. The predicted octanol–water partition coefficient (Wildman–Crippen LogP) is 4.20. The fourth-order valence-corrected chi connectivity index (χ4v) is 3.82. The van der Waals surface area contributed by atoms with Crippen LogP contribution in [0.5, 0.6) is 5.75 Å². The maximum absolute atomic E-state index is 12.3. The first-order chi connectivity index (χ1) is 17.0. The van der Waals surface area contributed by atoms with Gasteiger partial charge >= 0.3 is 0 Å². The molecule has 2 N–H and O–H groups in total. The highest BCUT2D eigenvalue weighted by atomic mass is 32.1. The van der Waals surface area contributed by atoms with E-state index < -0.39 is 0 Å². The Morgan fingerprint density at radius 3 is 2.74 bits per heavy atom. The average molecular weight is 488 g/mol. The summed E-state index contributed by atoms with van der Waals surface area (Å²) in [4.78, 5) is 28.8. The number of thiazole rings is 1. The minimum absolute atomic E-state index is 0.136. The summed E-state index contributed by atoms with van der Waals surface area (Å²) < 4.78 is 7.29. The molecular weight excluding hydrogens is 462 g/mol. The molecule has 2 aromatic carbocycles. The molecule has 2 heterocycles. The van der Waals surface area contributed by atoms with E-state index in [-0.39, 0.29) is 18.4 Å². The largest absolute Gasteiger partial charge is 0.487 e. The number of nitrogens with zero attached hydrogens (tertiary/aromatic N) is 3. The number of hydrogen-bond acceptors (Lipinski definition) is 6. The highest BCUT2D eigenvalue weighted by Crippen LogP contribution is 2.16. The van der Waals surface area contributed by atoms with E-state index >= 15 is 0 Å². The van der Waals surface area contributed by atoms with Gasteiger partial charge in [-0.25, -0.2) is 4.98 Å². The lowest BCUT2D eigenvalue weighted by Gasteiger charge is -2.08. The Bertz CT molecular complexity index is 1300. The molecule has 9 heteroatoms. The first-order valence-corrected chi connectivity index (χ1v) is 11.9. The molecule has 178 valence electrons. The summed E-state index contributed by atoms with van der Waals surface area (Å²) in [6.07, 6.45) is 6.59. The standard InChI is InChI=1S/C26H25N5O3S/c1-19-29-23(18-35-19)17-34-24-9-6-20(7-10-24)8-11-25(32)27-15-21-4-2-5-22(14-21)30-26(33)16-31-13-3-12-28-31/h2-14,18H,15-17H2,1H3,(H,27,32)(H,30,33). The van der Waals surface area contributed by atoms with Gasteiger partial charge in [0.25, 0.3) is 0 Å². The molecule has 0 saturated carbocycles. The van der Waals surface area contributed by atoms with Crippen molar-refractivity contribution < 1.29 is 14.3 Å². The van der Waals surface area contributed by atoms with Gasteiger partial charge < -0.3 is 15.4 Å². The SMILES string of the molecule is Cc1nc(COc2ccc(C=CC(=O)NCc3cccc(NC(=O)Cn4cccn4)c3)cc2)cs1. The van der Waals surface area contributed by atoms with Crippen LogP contribution in [0.2, 0.25) is 0 Å². The molecular formula is C26H25N5O3S. The maximum atomic E-state index is 12.3. The lowest BCUT2D eigenvalue weighted by atomic mass is 10.2. The van der Waals surface area contributed by atoms with Gasteiger partial charge in [0.1, 0.15) is 18.9 Å². The Morgan fingerprint density at radius 2 is 2.00 bits per heavy atom. The smallest absolute Gasteiger partial charge is 0.246 e. The zero-order chi connectivity index (χ0) is 24.5. The molecule has 0 aliphatic carbocycles. The van der Waals surface area contributed by atoms with E-state index in [0.717, 1.165) is 27.6 Å². The third-order valence-corrected chi connectivity index (χ3v) is 5.73. The topological polar surface area (TPSA) is 98.1 Å². The summed E-state index contributed by atoms with van der Waals surface area (Å²) in [5.41, 5.74) is 3.34. The Kier molecular flexibility index (Phi) is 8.03. The average Bonchev–Trinajstić information content (AvgIpc) is 3.52. The normalized spacial score (nSPS) is 10.9. The molecule has 35 heavy (non-hydrogen) atoms. The molecule has 0 radical (unpaired) electrons. The van der Waals surface area contributed by atoms with Gasteiger partial charge in [-0.05, 0) is 54.5 Å². The van der Waals surface area contributed by atoms with Crippen molar-refractivity contribution in [3.05, 3.63) is 100 Å². The Balaban J connectivity index is 1.22. The zero-order valence-corrected chi connectivity index (χ0v) is 20.0. The highest BCUT2D eigenvalue weighted by Gasteiger charge is 2.05. The van der Waals surface area contributed by atoms with Crippen molar-refractivity contribution in [3.63, 3.8) is 0 Å². The van der Waals surface area contributed by atoms with E-state index in [2.05, 4.69) is 20.7 Å². The number of benzene rings is 2. The molecule has 8 nitrogen and oxygen atoms in total. The van der Waals surface area contributed by atoms with Gasteiger partial charge in [-0.2, -0.15) is 5.10 Å². The Hall–Kier alpha value is -4.24. The van der Waals surface area contributed by atoms with Gasteiger partial charge in [-0.3, -0.25) is 14.3 Å². The molecule has 0 bridgehead atoms. The predicted molar refractivity (Wildman–Crippen MR) is 136 cm³/mol. The molecule has 2 aromatic heterocycles. The fourth-order valence-electron chi connectivity index (χ4n) is 3.23. The second kappa shape index (κ2) is 11.8. The summed E-state index contributed by atoms with van der Waals surface area (Å²) in [6.45, 7) is 2.87. The third kappa shape index (κ3) is 7.65. The summed E-state index contributed by atoms with van der Waals surface area (Å²) in [7, 11) is 0. The maximum Gasteiger partial charge on any atom is 0.246 e. The molecule has 4 rings (SSSR count). The van der Waals surface area contributed by atoms with Gasteiger partial charge in [0.15, 0.2) is 0 Å². The van der Waals surface area contributed by atoms with Gasteiger partial charge in [-0.1, -0.05) is 24.3 Å². The van der Waals surface area contributed by atoms with E-state index in [0.29, 0.717) is 18.8 Å². The number of rotatable bonds is 10. The number of nitrogens with one attached hydrogen (secondary N) is 2. The van der Waals surface area contributed by atoms with E-state index in [4.69, 9.17) is 4.74 Å². The molecule has 4 aromatic rings. The van der Waals surface area contributed by atoms with E-state index in [1.807, 2.05) is 54.8 Å². The summed E-state index contributed by atoms with van der Waals surface area (Å²) >= 11 is 1.60. The van der Waals surface area contributed by atoms with Crippen molar-refractivity contribution >= 4 is 34.9 Å². The molecule has 0 aliphatic heterocycles. The van der Waals surface area contributed by atoms with Crippen LogP contribution in [0.15, 0.2) is 78.4 Å². The van der Waals surface area contributed by atoms with E-state index in [1.165, 1.54) is 6.08 Å². The van der Waals surface area contributed by atoms with Crippen LogP contribution in [0.4, 0.5) is 5.69 Å². The van der Waals surface area contributed by atoms with E-state index in [1.54, 1.807) is 46.6 Å². The Labute approximate surface area is 207 Å². The van der Waals surface area contributed by atoms with Crippen LogP contribution >= 0.6 is 11.3 Å². The summed E-state index contributed by atoms with van der Waals surface area (Å²) in [6, 6.07) is 16.6.